The highest BCUT2D eigenvalue weighted by atomic mass is 16.5. The van der Waals surface area contributed by atoms with Gasteiger partial charge in [-0.15, -0.1) is 0 Å². The van der Waals surface area contributed by atoms with Crippen molar-refractivity contribution in [2.75, 3.05) is 5.32 Å². The quantitative estimate of drug-likeness (QED) is 0.456. The number of carbonyl (C=O) groups excluding carboxylic acids is 2. The van der Waals surface area contributed by atoms with Crippen molar-refractivity contribution in [3.63, 3.8) is 0 Å². The molecule has 4 aromatic rings. The minimum atomic E-state index is -1.11. The molecule has 1 atom stereocenters. The Bertz CT molecular complexity index is 1370. The number of aromatic nitrogens is 4. The smallest absolute Gasteiger partial charge is 0.360 e. The van der Waals surface area contributed by atoms with Gasteiger partial charge in [-0.2, -0.15) is 14.9 Å². The molecule has 0 spiro atoms. The highest BCUT2D eigenvalue weighted by Crippen LogP contribution is 2.18. The van der Waals surface area contributed by atoms with E-state index in [4.69, 9.17) is 4.74 Å². The molecule has 1 unspecified atom stereocenters. The lowest BCUT2D eigenvalue weighted by molar-refractivity contribution is -0.123. The fourth-order valence-electron chi connectivity index (χ4n) is 3.41. The van der Waals surface area contributed by atoms with Gasteiger partial charge in [0.1, 0.15) is 5.82 Å². The van der Waals surface area contributed by atoms with Crippen molar-refractivity contribution in [2.45, 2.75) is 32.9 Å². The van der Waals surface area contributed by atoms with Crippen LogP contribution in [-0.2, 0) is 9.53 Å². The molecular weight excluding hydrogens is 422 g/mol. The third-order valence-electron chi connectivity index (χ3n) is 5.06. The first kappa shape index (κ1) is 21.9. The maximum Gasteiger partial charge on any atom is 0.360 e. The lowest BCUT2D eigenvalue weighted by Crippen LogP contribution is -2.32. The summed E-state index contributed by atoms with van der Waals surface area (Å²) in [6.07, 6.45) is 0.473. The molecule has 33 heavy (non-hydrogen) atoms. The molecule has 0 aliphatic heterocycles. The van der Waals surface area contributed by atoms with E-state index < -0.39 is 18.0 Å². The van der Waals surface area contributed by atoms with Gasteiger partial charge in [-0.05, 0) is 39.0 Å². The summed E-state index contributed by atoms with van der Waals surface area (Å²) in [5.41, 5.74) is 0.0945. The monoisotopic (exact) mass is 445 g/mol. The number of fused-ring (bicyclic) bond motifs is 1. The minimum absolute atomic E-state index is 0.0442. The summed E-state index contributed by atoms with van der Waals surface area (Å²) in [5, 5.41) is 11.8. The van der Waals surface area contributed by atoms with E-state index >= 15 is 0 Å². The number of nitrogens with zero attached hydrogens (tertiary/aromatic N) is 4. The van der Waals surface area contributed by atoms with Crippen LogP contribution in [0.3, 0.4) is 0 Å². The summed E-state index contributed by atoms with van der Waals surface area (Å²) < 4.78 is 8.24. The van der Waals surface area contributed by atoms with Crippen LogP contribution >= 0.6 is 0 Å². The maximum atomic E-state index is 13.0. The average Bonchev–Trinajstić information content (AvgIpc) is 3.28. The Hall–Kier alpha value is -4.27. The van der Waals surface area contributed by atoms with Crippen LogP contribution in [0.1, 0.15) is 37.3 Å². The number of para-hydroxylation sites is 1. The van der Waals surface area contributed by atoms with Crippen molar-refractivity contribution in [3.05, 3.63) is 82.9 Å². The molecule has 0 saturated heterocycles. The van der Waals surface area contributed by atoms with E-state index in [1.165, 1.54) is 6.92 Å². The maximum absolute atomic E-state index is 13.0. The van der Waals surface area contributed by atoms with E-state index in [2.05, 4.69) is 15.5 Å². The molecule has 0 radical (unpaired) electrons. The predicted molar refractivity (Wildman–Crippen MR) is 123 cm³/mol. The van der Waals surface area contributed by atoms with Crippen LogP contribution < -0.4 is 10.9 Å². The zero-order valence-electron chi connectivity index (χ0n) is 18.4. The second-order valence-corrected chi connectivity index (χ2v) is 7.74. The topological polar surface area (TPSA) is 108 Å². The van der Waals surface area contributed by atoms with Crippen LogP contribution in [0, 0.1) is 0 Å². The highest BCUT2D eigenvalue weighted by Gasteiger charge is 2.24. The third-order valence-corrected chi connectivity index (χ3v) is 5.06. The number of ether oxygens (including phenoxy) is 1. The summed E-state index contributed by atoms with van der Waals surface area (Å²) in [6, 6.07) is 17.2. The number of amides is 1. The molecular formula is C24H23N5O4. The number of carbonyl (C=O) groups is 2. The van der Waals surface area contributed by atoms with Crippen LogP contribution in [0.2, 0.25) is 0 Å². The van der Waals surface area contributed by atoms with Gasteiger partial charge in [0.05, 0.1) is 17.3 Å². The van der Waals surface area contributed by atoms with Crippen molar-refractivity contribution >= 4 is 28.5 Å². The van der Waals surface area contributed by atoms with E-state index in [0.717, 1.165) is 4.68 Å². The van der Waals surface area contributed by atoms with Crippen molar-refractivity contribution in [2.24, 2.45) is 0 Å². The molecule has 2 aromatic heterocycles. The first-order valence-electron chi connectivity index (χ1n) is 10.5. The number of hydrogen-bond donors (Lipinski definition) is 1. The lowest BCUT2D eigenvalue weighted by atomic mass is 10.1. The fourth-order valence-corrected chi connectivity index (χ4v) is 3.41. The first-order valence-corrected chi connectivity index (χ1v) is 10.5. The number of nitrogens with one attached hydrogen (secondary N) is 1. The van der Waals surface area contributed by atoms with E-state index in [0.29, 0.717) is 22.3 Å². The van der Waals surface area contributed by atoms with Crippen LogP contribution in [0.4, 0.5) is 5.82 Å². The molecule has 9 heteroatoms. The van der Waals surface area contributed by atoms with E-state index in [-0.39, 0.29) is 17.3 Å². The largest absolute Gasteiger partial charge is 0.448 e. The molecule has 0 saturated carbocycles. The number of benzene rings is 2. The summed E-state index contributed by atoms with van der Waals surface area (Å²) in [6.45, 7) is 5.34. The van der Waals surface area contributed by atoms with Gasteiger partial charge >= 0.3 is 5.97 Å². The Morgan fingerprint density at radius 1 is 0.939 bits per heavy atom. The third kappa shape index (κ3) is 4.38. The minimum Gasteiger partial charge on any atom is -0.448 e. The molecule has 0 aliphatic carbocycles. The van der Waals surface area contributed by atoms with Crippen molar-refractivity contribution in [3.8, 4) is 5.69 Å². The van der Waals surface area contributed by atoms with E-state index in [1.807, 2.05) is 19.9 Å². The second-order valence-electron chi connectivity index (χ2n) is 7.74. The number of esters is 1. The van der Waals surface area contributed by atoms with Gasteiger partial charge in [-0.3, -0.25) is 9.59 Å². The molecule has 1 amide bonds. The van der Waals surface area contributed by atoms with Crippen LogP contribution in [0.5, 0.6) is 0 Å². The van der Waals surface area contributed by atoms with Gasteiger partial charge in [-0.1, -0.05) is 36.4 Å². The Balaban J connectivity index is 1.64. The summed E-state index contributed by atoms with van der Waals surface area (Å²) in [7, 11) is 0. The van der Waals surface area contributed by atoms with Gasteiger partial charge in [0.2, 0.25) is 0 Å². The fraction of sp³-hybridized carbons (Fsp3) is 0.208. The van der Waals surface area contributed by atoms with Crippen molar-refractivity contribution in [1.82, 2.24) is 19.6 Å². The van der Waals surface area contributed by atoms with Crippen molar-refractivity contribution < 1.29 is 14.3 Å². The lowest BCUT2D eigenvalue weighted by Gasteiger charge is -2.16. The summed E-state index contributed by atoms with van der Waals surface area (Å²) in [5.74, 6) is -0.818. The van der Waals surface area contributed by atoms with Crippen LogP contribution in [0.25, 0.3) is 16.5 Å². The summed E-state index contributed by atoms with van der Waals surface area (Å²) >= 11 is 0. The Labute approximate surface area is 189 Å². The van der Waals surface area contributed by atoms with E-state index in [1.54, 1.807) is 65.5 Å². The SMILES string of the molecule is CC(OC(=O)c1nn(-c2ccccc2)c(=O)c2ccccc12)C(=O)Nc1ccnn1C(C)C. The van der Waals surface area contributed by atoms with Gasteiger partial charge in [0, 0.05) is 17.5 Å². The van der Waals surface area contributed by atoms with Crippen LogP contribution in [0.15, 0.2) is 71.7 Å². The standard InChI is InChI=1S/C24H23N5O4/c1-15(2)28-20(13-14-25-28)26-22(30)16(3)33-24(32)21-18-11-7-8-12-19(18)23(31)29(27-21)17-9-5-4-6-10-17/h4-16H,1-3H3,(H,26,30). The van der Waals surface area contributed by atoms with Crippen molar-refractivity contribution in [1.29, 1.82) is 0 Å². The molecule has 0 bridgehead atoms. The Morgan fingerprint density at radius 3 is 2.30 bits per heavy atom. The predicted octanol–water partition coefficient (Wildman–Crippen LogP) is 3.35. The first-order chi connectivity index (χ1) is 15.9. The Kier molecular flexibility index (Phi) is 6.03. The van der Waals surface area contributed by atoms with Gasteiger partial charge in [0.25, 0.3) is 11.5 Å². The molecule has 168 valence electrons. The normalized spacial score (nSPS) is 12.0. The van der Waals surface area contributed by atoms with Gasteiger partial charge in [-0.25, -0.2) is 9.48 Å². The van der Waals surface area contributed by atoms with Gasteiger partial charge in [0.15, 0.2) is 11.8 Å². The number of hydrogen-bond acceptors (Lipinski definition) is 6. The summed E-state index contributed by atoms with van der Waals surface area (Å²) in [4.78, 5) is 38.7. The Morgan fingerprint density at radius 2 is 1.61 bits per heavy atom. The highest BCUT2D eigenvalue weighted by molar-refractivity contribution is 6.03. The number of rotatable bonds is 6. The number of anilines is 1. The molecule has 2 aromatic carbocycles. The molecule has 0 fully saturated rings. The molecule has 4 rings (SSSR count). The molecule has 1 N–H and O–H groups in total. The van der Waals surface area contributed by atoms with Gasteiger partial charge < -0.3 is 10.1 Å². The van der Waals surface area contributed by atoms with E-state index in [9.17, 15) is 14.4 Å². The molecule has 0 aliphatic rings. The van der Waals surface area contributed by atoms with Crippen LogP contribution in [-0.4, -0.2) is 37.5 Å². The average molecular weight is 445 g/mol. The zero-order chi connectivity index (χ0) is 23.5. The molecule has 9 nitrogen and oxygen atoms in total. The second kappa shape index (κ2) is 9.07. The molecule has 2 heterocycles. The zero-order valence-corrected chi connectivity index (χ0v) is 18.4.